The van der Waals surface area contributed by atoms with E-state index in [9.17, 15) is 0 Å². The third-order valence-electron chi connectivity index (χ3n) is 4.76. The summed E-state index contributed by atoms with van der Waals surface area (Å²) >= 11 is 0. The largest absolute Gasteiger partial charge is 0.366 e. The number of rotatable bonds is 4. The smallest absolute Gasteiger partial charge is 0.141 e. The normalized spacial score (nSPS) is 12.5. The van der Waals surface area contributed by atoms with Crippen LogP contribution in [-0.4, -0.2) is 21.6 Å². The summed E-state index contributed by atoms with van der Waals surface area (Å²) in [6, 6.07) is 11.9. The minimum atomic E-state index is -0.295. The van der Waals surface area contributed by atoms with Gasteiger partial charge in [0.15, 0.2) is 0 Å². The molecule has 2 aromatic heterocycles. The molecule has 0 spiro atoms. The fourth-order valence-electron chi connectivity index (χ4n) is 3.64. The molecular formula is C21H20N4O. The Labute approximate surface area is 151 Å². The molecule has 0 radical (unpaired) electrons. The van der Waals surface area contributed by atoms with Crippen LogP contribution in [0.15, 0.2) is 36.5 Å². The second-order valence-electron chi connectivity index (χ2n) is 6.49. The number of H-pyrrole nitrogens is 2. The molecule has 4 aromatic rings. The van der Waals surface area contributed by atoms with Crippen molar-refractivity contribution in [2.24, 2.45) is 0 Å². The Morgan fingerprint density at radius 3 is 2.81 bits per heavy atom. The van der Waals surface area contributed by atoms with E-state index in [0.29, 0.717) is 12.2 Å². The Hall–Kier alpha value is -3.10. The average molecular weight is 344 g/mol. The highest BCUT2D eigenvalue weighted by Crippen LogP contribution is 2.35. The van der Waals surface area contributed by atoms with E-state index < -0.39 is 0 Å². The van der Waals surface area contributed by atoms with Gasteiger partial charge in [-0.2, -0.15) is 5.26 Å². The molecule has 5 heteroatoms. The molecule has 0 saturated carbocycles. The molecule has 2 aromatic carbocycles. The summed E-state index contributed by atoms with van der Waals surface area (Å²) in [5, 5.41) is 10.3. The van der Waals surface area contributed by atoms with Crippen LogP contribution in [0.1, 0.15) is 41.1 Å². The number of nitriles is 1. The fourth-order valence-corrected chi connectivity index (χ4v) is 3.64. The first-order valence-electron chi connectivity index (χ1n) is 8.71. The van der Waals surface area contributed by atoms with Gasteiger partial charge in [0, 0.05) is 29.3 Å². The van der Waals surface area contributed by atoms with E-state index in [0.717, 1.165) is 33.3 Å². The number of nitrogens with one attached hydrogen (secondary N) is 2. The molecule has 0 aliphatic heterocycles. The van der Waals surface area contributed by atoms with Crippen LogP contribution in [-0.2, 0) is 4.74 Å². The van der Waals surface area contributed by atoms with Crippen LogP contribution < -0.4 is 0 Å². The van der Waals surface area contributed by atoms with E-state index in [2.05, 4.69) is 42.0 Å². The number of hydrogen-bond acceptors (Lipinski definition) is 3. The van der Waals surface area contributed by atoms with E-state index >= 15 is 0 Å². The predicted molar refractivity (Wildman–Crippen MR) is 102 cm³/mol. The van der Waals surface area contributed by atoms with Gasteiger partial charge in [-0.1, -0.05) is 6.07 Å². The van der Waals surface area contributed by atoms with Crippen molar-refractivity contribution >= 4 is 21.9 Å². The highest BCUT2D eigenvalue weighted by atomic mass is 16.5. The topological polar surface area (TPSA) is 77.5 Å². The van der Waals surface area contributed by atoms with Crippen molar-refractivity contribution in [3.8, 4) is 6.07 Å². The predicted octanol–water partition coefficient (Wildman–Crippen LogP) is 4.66. The summed E-state index contributed by atoms with van der Waals surface area (Å²) in [7, 11) is 0. The highest BCUT2D eigenvalue weighted by molar-refractivity contribution is 5.88. The van der Waals surface area contributed by atoms with Crippen molar-refractivity contribution in [2.75, 3.05) is 6.61 Å². The number of hydrogen-bond donors (Lipinski definition) is 2. The van der Waals surface area contributed by atoms with Crippen molar-refractivity contribution in [1.29, 1.82) is 5.26 Å². The van der Waals surface area contributed by atoms with Gasteiger partial charge in [-0.25, -0.2) is 4.98 Å². The van der Waals surface area contributed by atoms with Crippen LogP contribution in [0.3, 0.4) is 0 Å². The number of aryl methyl sites for hydroxylation is 2. The van der Waals surface area contributed by atoms with Gasteiger partial charge in [-0.05, 0) is 56.2 Å². The number of aromatic amines is 2. The van der Waals surface area contributed by atoms with Crippen LogP contribution >= 0.6 is 0 Å². The first-order chi connectivity index (χ1) is 12.6. The molecular weight excluding hydrogens is 324 g/mol. The number of imidazole rings is 1. The maximum atomic E-state index is 9.12. The third kappa shape index (κ3) is 2.56. The Bertz CT molecular complexity index is 1150. The van der Waals surface area contributed by atoms with Gasteiger partial charge in [0.1, 0.15) is 11.9 Å². The molecule has 0 amide bonds. The van der Waals surface area contributed by atoms with Gasteiger partial charge in [0.2, 0.25) is 0 Å². The molecule has 0 bridgehead atoms. The van der Waals surface area contributed by atoms with Crippen molar-refractivity contribution in [2.45, 2.75) is 26.9 Å². The minimum Gasteiger partial charge on any atom is -0.366 e. The van der Waals surface area contributed by atoms with Crippen LogP contribution in [0.5, 0.6) is 0 Å². The molecule has 130 valence electrons. The lowest BCUT2D eigenvalue weighted by Crippen LogP contribution is -2.10. The summed E-state index contributed by atoms with van der Waals surface area (Å²) in [6.07, 6.45) is 1.67. The number of benzene rings is 2. The van der Waals surface area contributed by atoms with E-state index in [1.807, 2.05) is 19.2 Å². The lowest BCUT2D eigenvalue weighted by atomic mass is 9.96. The summed E-state index contributed by atoms with van der Waals surface area (Å²) in [5.74, 6) is 0.756. The Balaban J connectivity index is 1.92. The molecule has 5 nitrogen and oxygen atoms in total. The SMILES string of the molecule is CCOC(c1nc2cc(C#N)ccc2[nH]1)c1c(C)cc(C)c2[nH]ccc12. The Kier molecular flexibility index (Phi) is 3.98. The van der Waals surface area contributed by atoms with E-state index in [1.165, 1.54) is 11.1 Å². The van der Waals surface area contributed by atoms with Crippen molar-refractivity contribution in [3.05, 3.63) is 64.6 Å². The maximum Gasteiger partial charge on any atom is 0.141 e. The summed E-state index contributed by atoms with van der Waals surface area (Å²) in [6.45, 7) is 6.78. The van der Waals surface area contributed by atoms with Gasteiger partial charge in [0.05, 0.1) is 22.7 Å². The summed E-state index contributed by atoms with van der Waals surface area (Å²) in [4.78, 5) is 11.4. The van der Waals surface area contributed by atoms with Crippen LogP contribution in [0.2, 0.25) is 0 Å². The zero-order valence-electron chi connectivity index (χ0n) is 15.1. The number of fused-ring (bicyclic) bond motifs is 2. The van der Waals surface area contributed by atoms with Gasteiger partial charge in [-0.3, -0.25) is 0 Å². The molecule has 0 aliphatic carbocycles. The summed E-state index contributed by atoms with van der Waals surface area (Å²) < 4.78 is 6.13. The zero-order chi connectivity index (χ0) is 18.3. The quantitative estimate of drug-likeness (QED) is 0.565. The van der Waals surface area contributed by atoms with Crippen LogP contribution in [0.25, 0.3) is 21.9 Å². The number of nitrogens with zero attached hydrogens (tertiary/aromatic N) is 2. The van der Waals surface area contributed by atoms with Gasteiger partial charge < -0.3 is 14.7 Å². The monoisotopic (exact) mass is 344 g/mol. The van der Waals surface area contributed by atoms with E-state index in [4.69, 9.17) is 15.0 Å². The lowest BCUT2D eigenvalue weighted by Gasteiger charge is -2.19. The Morgan fingerprint density at radius 1 is 1.19 bits per heavy atom. The zero-order valence-corrected chi connectivity index (χ0v) is 15.1. The minimum absolute atomic E-state index is 0.295. The second kappa shape index (κ2) is 6.32. The van der Waals surface area contributed by atoms with Gasteiger partial charge >= 0.3 is 0 Å². The van der Waals surface area contributed by atoms with E-state index in [1.54, 1.807) is 12.1 Å². The molecule has 0 aliphatic rings. The van der Waals surface area contributed by atoms with Gasteiger partial charge in [0.25, 0.3) is 0 Å². The van der Waals surface area contributed by atoms with E-state index in [-0.39, 0.29) is 6.10 Å². The van der Waals surface area contributed by atoms with Gasteiger partial charge in [-0.15, -0.1) is 0 Å². The molecule has 1 unspecified atom stereocenters. The lowest BCUT2D eigenvalue weighted by molar-refractivity contribution is 0.0865. The van der Waals surface area contributed by atoms with Crippen molar-refractivity contribution in [3.63, 3.8) is 0 Å². The van der Waals surface area contributed by atoms with Crippen LogP contribution in [0.4, 0.5) is 0 Å². The fraction of sp³-hybridized carbons (Fsp3) is 0.238. The summed E-state index contributed by atoms with van der Waals surface area (Å²) in [5.41, 5.74) is 6.91. The first-order valence-corrected chi connectivity index (χ1v) is 8.71. The highest BCUT2D eigenvalue weighted by Gasteiger charge is 2.24. The number of aromatic nitrogens is 3. The third-order valence-corrected chi connectivity index (χ3v) is 4.76. The maximum absolute atomic E-state index is 9.12. The standard InChI is InChI=1S/C21H20N4O/c1-4-26-20(18-12(2)9-13(3)19-15(18)7-8-23-19)21-24-16-6-5-14(11-22)10-17(16)25-21/h5-10,20,23H,4H2,1-3H3,(H,24,25). The molecule has 1 atom stereocenters. The van der Waals surface area contributed by atoms with Crippen molar-refractivity contribution in [1.82, 2.24) is 15.0 Å². The molecule has 0 saturated heterocycles. The molecule has 0 fully saturated rings. The average Bonchev–Trinajstić information content (AvgIpc) is 3.27. The molecule has 4 rings (SSSR count). The first kappa shape index (κ1) is 16.4. The molecule has 26 heavy (non-hydrogen) atoms. The number of ether oxygens (including phenoxy) is 1. The molecule has 2 heterocycles. The van der Waals surface area contributed by atoms with Crippen LogP contribution in [0, 0.1) is 25.2 Å². The van der Waals surface area contributed by atoms with Crippen molar-refractivity contribution < 1.29 is 4.74 Å². The molecule has 2 N–H and O–H groups in total. The second-order valence-corrected chi connectivity index (χ2v) is 6.49. The Morgan fingerprint density at radius 2 is 2.04 bits per heavy atom.